The quantitative estimate of drug-likeness (QED) is 0.445. The number of likely N-dealkylation sites (tertiary alicyclic amines) is 1. The van der Waals surface area contributed by atoms with Crippen molar-refractivity contribution in [2.75, 3.05) is 27.2 Å². The van der Waals surface area contributed by atoms with Gasteiger partial charge < -0.3 is 25.4 Å². The number of amides is 1. The lowest BCUT2D eigenvalue weighted by Crippen LogP contribution is -2.59. The van der Waals surface area contributed by atoms with Crippen LogP contribution in [-0.2, 0) is 9.53 Å². The second-order valence-electron chi connectivity index (χ2n) is 8.77. The van der Waals surface area contributed by atoms with E-state index in [2.05, 4.69) is 17.1 Å². The van der Waals surface area contributed by atoms with Crippen molar-refractivity contribution in [3.05, 3.63) is 0 Å². The van der Waals surface area contributed by atoms with Crippen molar-refractivity contribution in [1.29, 1.82) is 0 Å². The molecule has 1 amide bonds. The molecule has 0 aromatic heterocycles. The molecule has 2 heterocycles. The maximum Gasteiger partial charge on any atom is 0.237 e. The van der Waals surface area contributed by atoms with Crippen molar-refractivity contribution in [3.8, 4) is 0 Å². The molecule has 164 valence electrons. The van der Waals surface area contributed by atoms with E-state index in [0.717, 1.165) is 25.8 Å². The number of rotatable bonds is 8. The van der Waals surface area contributed by atoms with Gasteiger partial charge in [0.2, 0.25) is 5.91 Å². The fourth-order valence-corrected chi connectivity index (χ4v) is 4.56. The van der Waals surface area contributed by atoms with E-state index >= 15 is 0 Å². The van der Waals surface area contributed by atoms with Crippen LogP contribution in [0.15, 0.2) is 0 Å². The lowest BCUT2D eigenvalue weighted by atomic mass is 9.97. The molecular formula is C20H39N3O5. The van der Waals surface area contributed by atoms with Crippen molar-refractivity contribution in [2.45, 2.75) is 89.2 Å². The minimum absolute atomic E-state index is 0.0543. The first kappa shape index (κ1) is 23.5. The summed E-state index contributed by atoms with van der Waals surface area (Å²) in [5.41, 5.74) is 0. The van der Waals surface area contributed by atoms with Crippen LogP contribution >= 0.6 is 0 Å². The lowest BCUT2D eigenvalue weighted by Gasteiger charge is -2.41. The van der Waals surface area contributed by atoms with Gasteiger partial charge in [0.05, 0.1) is 24.3 Å². The van der Waals surface area contributed by atoms with Gasteiger partial charge in [0.1, 0.15) is 6.10 Å². The maximum absolute atomic E-state index is 12.9. The number of aliphatic hydroxyl groups is 3. The molecule has 0 aliphatic carbocycles. The minimum Gasteiger partial charge on any atom is -0.391 e. The first-order valence-corrected chi connectivity index (χ1v) is 10.5. The molecule has 2 saturated heterocycles. The van der Waals surface area contributed by atoms with E-state index in [1.807, 2.05) is 25.9 Å². The second-order valence-corrected chi connectivity index (χ2v) is 8.77. The summed E-state index contributed by atoms with van der Waals surface area (Å²) in [6.45, 7) is 6.98. The van der Waals surface area contributed by atoms with Crippen molar-refractivity contribution in [1.82, 2.24) is 15.1 Å². The van der Waals surface area contributed by atoms with Crippen LogP contribution in [0.2, 0.25) is 0 Å². The third kappa shape index (κ3) is 5.87. The van der Waals surface area contributed by atoms with E-state index in [1.54, 1.807) is 6.92 Å². The highest BCUT2D eigenvalue weighted by Crippen LogP contribution is 2.26. The zero-order valence-electron chi connectivity index (χ0n) is 17.9. The van der Waals surface area contributed by atoms with Gasteiger partial charge in [0.25, 0.3) is 0 Å². The Bertz CT molecular complexity index is 506. The van der Waals surface area contributed by atoms with Crippen LogP contribution in [0.5, 0.6) is 0 Å². The van der Waals surface area contributed by atoms with Crippen LogP contribution < -0.4 is 5.32 Å². The molecule has 0 spiro atoms. The van der Waals surface area contributed by atoms with Gasteiger partial charge in [0, 0.05) is 19.1 Å². The molecule has 2 aliphatic heterocycles. The first-order valence-electron chi connectivity index (χ1n) is 10.5. The second kappa shape index (κ2) is 10.3. The van der Waals surface area contributed by atoms with Crippen LogP contribution in [-0.4, -0.2) is 101 Å². The fraction of sp³-hybridized carbons (Fsp3) is 0.950. The Morgan fingerprint density at radius 1 is 1.36 bits per heavy atom. The number of carbonyl (C=O) groups is 1. The number of carbonyl (C=O) groups excluding carboxylic acids is 1. The molecule has 2 aliphatic rings. The normalized spacial score (nSPS) is 36.5. The Hall–Kier alpha value is -0.770. The predicted octanol–water partition coefficient (Wildman–Crippen LogP) is -0.239. The zero-order chi connectivity index (χ0) is 21.0. The van der Waals surface area contributed by atoms with Crippen LogP contribution in [0.4, 0.5) is 0 Å². The number of ether oxygens (including phenoxy) is 1. The molecule has 8 nitrogen and oxygen atoms in total. The molecular weight excluding hydrogens is 362 g/mol. The maximum atomic E-state index is 12.9. The summed E-state index contributed by atoms with van der Waals surface area (Å²) in [7, 11) is 3.81. The highest BCUT2D eigenvalue weighted by atomic mass is 16.6. The molecule has 1 unspecified atom stereocenters. The van der Waals surface area contributed by atoms with Gasteiger partial charge in [-0.1, -0.05) is 13.3 Å². The van der Waals surface area contributed by atoms with Gasteiger partial charge in [-0.25, -0.2) is 0 Å². The summed E-state index contributed by atoms with van der Waals surface area (Å²) < 4.78 is 5.26. The molecule has 8 heteroatoms. The minimum atomic E-state index is -1.22. The molecule has 28 heavy (non-hydrogen) atoms. The number of hydrogen-bond acceptors (Lipinski definition) is 7. The standard InChI is InChI=1S/C20H39N3O5/c1-6-7-14-9-17(22(4)10-14)19(26)21-15(13(3)24)11-23(5)16-8-12(2)28-20(27)18(16)25/h12-18,20,24-25,27H,6-11H2,1-5H3,(H,21,26)/t12-,13+,14-,15+,16+,17+,18?,20-/m1/s1. The van der Waals surface area contributed by atoms with E-state index in [0.29, 0.717) is 18.9 Å². The SMILES string of the molecule is CCC[C@@H]1C[C@@H](C(=O)N[C@@H](CN(C)[C@H]2C[C@@H](C)O[C@@H](O)C2O)[C@H](C)O)N(C)C1. The molecule has 2 rings (SSSR count). The summed E-state index contributed by atoms with van der Waals surface area (Å²) in [5, 5.41) is 33.4. The Kier molecular flexibility index (Phi) is 8.66. The highest BCUT2D eigenvalue weighted by Gasteiger charge is 2.39. The number of aliphatic hydroxyl groups excluding tert-OH is 3. The van der Waals surface area contributed by atoms with Crippen molar-refractivity contribution < 1.29 is 24.9 Å². The Morgan fingerprint density at radius 2 is 2.04 bits per heavy atom. The monoisotopic (exact) mass is 401 g/mol. The molecule has 0 aromatic carbocycles. The number of likely N-dealkylation sites (N-methyl/N-ethyl adjacent to an activating group) is 2. The van der Waals surface area contributed by atoms with Gasteiger partial charge in [-0.05, 0) is 53.1 Å². The average molecular weight is 402 g/mol. The molecule has 0 radical (unpaired) electrons. The van der Waals surface area contributed by atoms with Gasteiger partial charge in [-0.2, -0.15) is 0 Å². The Morgan fingerprint density at radius 3 is 2.64 bits per heavy atom. The third-order valence-corrected chi connectivity index (χ3v) is 6.23. The van der Waals surface area contributed by atoms with Crippen LogP contribution in [0.1, 0.15) is 46.5 Å². The van der Waals surface area contributed by atoms with Gasteiger partial charge in [-0.3, -0.25) is 14.6 Å². The summed E-state index contributed by atoms with van der Waals surface area (Å²) in [5.74, 6) is 0.486. The van der Waals surface area contributed by atoms with Gasteiger partial charge >= 0.3 is 0 Å². The van der Waals surface area contributed by atoms with Gasteiger partial charge in [-0.15, -0.1) is 0 Å². The highest BCUT2D eigenvalue weighted by molar-refractivity contribution is 5.82. The van der Waals surface area contributed by atoms with Crippen LogP contribution in [0.3, 0.4) is 0 Å². The summed E-state index contributed by atoms with van der Waals surface area (Å²) >= 11 is 0. The predicted molar refractivity (Wildman–Crippen MR) is 107 cm³/mol. The fourth-order valence-electron chi connectivity index (χ4n) is 4.56. The van der Waals surface area contributed by atoms with E-state index in [1.165, 1.54) is 0 Å². The molecule has 4 N–H and O–H groups in total. The molecule has 2 fully saturated rings. The van der Waals surface area contributed by atoms with E-state index in [9.17, 15) is 20.1 Å². The number of nitrogens with zero attached hydrogens (tertiary/aromatic N) is 2. The summed E-state index contributed by atoms with van der Waals surface area (Å²) in [6.07, 6.45) is 0.503. The van der Waals surface area contributed by atoms with Gasteiger partial charge in [0.15, 0.2) is 6.29 Å². The zero-order valence-corrected chi connectivity index (χ0v) is 17.9. The number of nitrogens with one attached hydrogen (secondary N) is 1. The Labute approximate surface area is 168 Å². The summed E-state index contributed by atoms with van der Waals surface area (Å²) in [4.78, 5) is 16.8. The third-order valence-electron chi connectivity index (χ3n) is 6.23. The van der Waals surface area contributed by atoms with E-state index in [-0.39, 0.29) is 24.1 Å². The lowest BCUT2D eigenvalue weighted by molar-refractivity contribution is -0.232. The van der Waals surface area contributed by atoms with Crippen LogP contribution in [0, 0.1) is 5.92 Å². The number of hydrogen-bond donors (Lipinski definition) is 4. The molecule has 0 saturated carbocycles. The summed E-state index contributed by atoms with van der Waals surface area (Å²) in [6, 6.07) is -0.933. The molecule has 0 aromatic rings. The van der Waals surface area contributed by atoms with Crippen molar-refractivity contribution in [2.24, 2.45) is 5.92 Å². The van der Waals surface area contributed by atoms with E-state index in [4.69, 9.17) is 4.74 Å². The largest absolute Gasteiger partial charge is 0.391 e. The average Bonchev–Trinajstić information content (AvgIpc) is 2.98. The Balaban J connectivity index is 1.96. The smallest absolute Gasteiger partial charge is 0.237 e. The van der Waals surface area contributed by atoms with Crippen LogP contribution in [0.25, 0.3) is 0 Å². The topological polar surface area (TPSA) is 106 Å². The van der Waals surface area contributed by atoms with E-state index < -0.39 is 24.5 Å². The molecule has 8 atom stereocenters. The first-order chi connectivity index (χ1) is 13.1. The van der Waals surface area contributed by atoms with Crippen molar-refractivity contribution >= 4 is 5.91 Å². The van der Waals surface area contributed by atoms with Crippen molar-refractivity contribution in [3.63, 3.8) is 0 Å². The molecule has 0 bridgehead atoms.